The van der Waals surface area contributed by atoms with Crippen LogP contribution in [0.3, 0.4) is 0 Å². The van der Waals surface area contributed by atoms with Crippen molar-refractivity contribution in [2.45, 2.75) is 13.0 Å². The molecule has 2 unspecified atom stereocenters. The second-order valence-electron chi connectivity index (χ2n) is 4.61. The third kappa shape index (κ3) is 2.76. The minimum absolute atomic E-state index is 0.0825. The lowest BCUT2D eigenvalue weighted by Gasteiger charge is -2.25. The highest BCUT2D eigenvalue weighted by Crippen LogP contribution is 2.28. The molecule has 6 nitrogen and oxygen atoms in total. The maximum absolute atomic E-state index is 12.0. The first-order valence-electron chi connectivity index (χ1n) is 5.68. The van der Waals surface area contributed by atoms with Gasteiger partial charge in [-0.05, 0) is 35.0 Å². The number of aromatic nitrogens is 1. The fraction of sp³-hybridized carbons (Fsp3) is 0.417. The number of rotatable bonds is 3. The predicted molar refractivity (Wildman–Crippen MR) is 69.8 cm³/mol. The van der Waals surface area contributed by atoms with E-state index >= 15 is 0 Å². The van der Waals surface area contributed by atoms with Crippen LogP contribution in [0.25, 0.3) is 0 Å². The number of halogens is 1. The second-order valence-corrected chi connectivity index (χ2v) is 5.42. The molecular formula is C12H13BrN2O4. The first-order chi connectivity index (χ1) is 8.93. The van der Waals surface area contributed by atoms with Gasteiger partial charge in [-0.2, -0.15) is 0 Å². The summed E-state index contributed by atoms with van der Waals surface area (Å²) in [7, 11) is 0. The zero-order chi connectivity index (χ0) is 14.0. The van der Waals surface area contributed by atoms with Crippen molar-refractivity contribution in [2.24, 2.45) is 5.41 Å². The topological polar surface area (TPSA) is 88.5 Å². The van der Waals surface area contributed by atoms with Gasteiger partial charge >= 0.3 is 5.97 Å². The van der Waals surface area contributed by atoms with E-state index in [1.165, 1.54) is 0 Å². The van der Waals surface area contributed by atoms with Gasteiger partial charge in [0.2, 0.25) is 0 Å². The molecule has 1 aliphatic heterocycles. The standard InChI is InChI=1S/C12H13BrN2O4/c1-12(11(17)18)6-19-5-8(12)15-10(16)7-3-2-4-9(13)14-7/h2-4,8H,5-6H2,1H3,(H,15,16)(H,17,18). The third-order valence-electron chi connectivity index (χ3n) is 3.20. The highest BCUT2D eigenvalue weighted by atomic mass is 79.9. The maximum Gasteiger partial charge on any atom is 0.313 e. The van der Waals surface area contributed by atoms with E-state index in [9.17, 15) is 14.7 Å². The van der Waals surface area contributed by atoms with Crippen molar-refractivity contribution in [3.8, 4) is 0 Å². The molecule has 2 N–H and O–H groups in total. The van der Waals surface area contributed by atoms with Crippen LogP contribution in [-0.4, -0.2) is 41.2 Å². The number of carboxylic acids is 1. The molecule has 1 aliphatic rings. The first-order valence-corrected chi connectivity index (χ1v) is 6.47. The molecule has 1 fully saturated rings. The molecule has 0 radical (unpaired) electrons. The SMILES string of the molecule is CC1(C(=O)O)COCC1NC(=O)c1cccc(Br)n1. The van der Waals surface area contributed by atoms with E-state index in [4.69, 9.17) is 4.74 Å². The van der Waals surface area contributed by atoms with E-state index in [0.717, 1.165) is 0 Å². The van der Waals surface area contributed by atoms with Gasteiger partial charge in [0.15, 0.2) is 0 Å². The van der Waals surface area contributed by atoms with Crippen molar-refractivity contribution in [1.29, 1.82) is 0 Å². The molecule has 0 aliphatic carbocycles. The highest BCUT2D eigenvalue weighted by molar-refractivity contribution is 9.10. The highest BCUT2D eigenvalue weighted by Gasteiger charge is 2.47. The van der Waals surface area contributed by atoms with E-state index in [0.29, 0.717) is 4.60 Å². The summed E-state index contributed by atoms with van der Waals surface area (Å²) < 4.78 is 5.71. The molecule has 2 heterocycles. The number of pyridine rings is 1. The van der Waals surface area contributed by atoms with Crippen LogP contribution in [0.5, 0.6) is 0 Å². The molecule has 7 heteroatoms. The second kappa shape index (κ2) is 5.26. The number of nitrogens with one attached hydrogen (secondary N) is 1. The van der Waals surface area contributed by atoms with Crippen LogP contribution in [0.2, 0.25) is 0 Å². The number of carboxylic acid groups (broad SMARTS) is 1. The Morgan fingerprint density at radius 3 is 2.95 bits per heavy atom. The van der Waals surface area contributed by atoms with Crippen LogP contribution < -0.4 is 5.32 Å². The number of aliphatic carboxylic acids is 1. The smallest absolute Gasteiger partial charge is 0.313 e. The van der Waals surface area contributed by atoms with Gasteiger partial charge in [0.25, 0.3) is 5.91 Å². The van der Waals surface area contributed by atoms with Crippen molar-refractivity contribution in [3.63, 3.8) is 0 Å². The van der Waals surface area contributed by atoms with Crippen molar-refractivity contribution in [3.05, 3.63) is 28.5 Å². The van der Waals surface area contributed by atoms with E-state index in [2.05, 4.69) is 26.2 Å². The number of carbonyl (C=O) groups excluding carboxylic acids is 1. The zero-order valence-corrected chi connectivity index (χ0v) is 11.8. The summed E-state index contributed by atoms with van der Waals surface area (Å²) in [6, 6.07) is 4.39. The molecule has 0 spiro atoms. The summed E-state index contributed by atoms with van der Waals surface area (Å²) in [5, 5.41) is 11.9. The average Bonchev–Trinajstić information content (AvgIpc) is 2.72. The van der Waals surface area contributed by atoms with Crippen LogP contribution in [-0.2, 0) is 9.53 Å². The van der Waals surface area contributed by atoms with E-state index in [1.54, 1.807) is 25.1 Å². The number of hydrogen-bond acceptors (Lipinski definition) is 4. The van der Waals surface area contributed by atoms with Gasteiger partial charge in [-0.15, -0.1) is 0 Å². The molecule has 19 heavy (non-hydrogen) atoms. The lowest BCUT2D eigenvalue weighted by Crippen LogP contribution is -2.49. The number of nitrogens with zero attached hydrogens (tertiary/aromatic N) is 1. The summed E-state index contributed by atoms with van der Waals surface area (Å²) in [4.78, 5) is 27.3. The molecule has 2 rings (SSSR count). The number of ether oxygens (including phenoxy) is 1. The normalized spacial score (nSPS) is 26.1. The summed E-state index contributed by atoms with van der Waals surface area (Å²) in [5.41, 5.74) is -0.879. The average molecular weight is 329 g/mol. The van der Waals surface area contributed by atoms with Crippen LogP contribution in [0.4, 0.5) is 0 Å². The summed E-state index contributed by atoms with van der Waals surface area (Å²) in [5.74, 6) is -1.40. The fourth-order valence-electron chi connectivity index (χ4n) is 1.85. The van der Waals surface area contributed by atoms with E-state index in [-0.39, 0.29) is 18.9 Å². The molecule has 0 bridgehead atoms. The third-order valence-corrected chi connectivity index (χ3v) is 3.64. The Balaban J connectivity index is 2.13. The Morgan fingerprint density at radius 1 is 1.58 bits per heavy atom. The number of amides is 1. The quantitative estimate of drug-likeness (QED) is 0.810. The molecular weight excluding hydrogens is 316 g/mol. The fourth-order valence-corrected chi connectivity index (χ4v) is 2.20. The van der Waals surface area contributed by atoms with Crippen LogP contribution in [0, 0.1) is 5.41 Å². The molecule has 1 aromatic heterocycles. The van der Waals surface area contributed by atoms with Gasteiger partial charge in [-0.25, -0.2) is 4.98 Å². The molecule has 1 amide bonds. The first kappa shape index (κ1) is 14.0. The van der Waals surface area contributed by atoms with Crippen LogP contribution in [0.15, 0.2) is 22.8 Å². The summed E-state index contributed by atoms with van der Waals surface area (Å²) >= 11 is 3.18. The van der Waals surface area contributed by atoms with Crippen molar-refractivity contribution in [1.82, 2.24) is 10.3 Å². The van der Waals surface area contributed by atoms with Crippen molar-refractivity contribution in [2.75, 3.05) is 13.2 Å². The monoisotopic (exact) mass is 328 g/mol. The Kier molecular flexibility index (Phi) is 3.86. The van der Waals surface area contributed by atoms with Crippen molar-refractivity contribution < 1.29 is 19.4 Å². The molecule has 1 saturated heterocycles. The van der Waals surface area contributed by atoms with Gasteiger partial charge < -0.3 is 15.2 Å². The van der Waals surface area contributed by atoms with Gasteiger partial charge in [-0.3, -0.25) is 9.59 Å². The van der Waals surface area contributed by atoms with Gasteiger partial charge in [0, 0.05) is 0 Å². The lowest BCUT2D eigenvalue weighted by atomic mass is 9.85. The minimum atomic E-state index is -1.11. The maximum atomic E-state index is 12.0. The Hall–Kier alpha value is -1.47. The Labute approximate surface area is 118 Å². The molecule has 0 aromatic carbocycles. The summed E-state index contributed by atoms with van der Waals surface area (Å²) in [6.45, 7) is 1.82. The molecule has 0 saturated carbocycles. The molecule has 1 aromatic rings. The molecule has 102 valence electrons. The Bertz CT molecular complexity index is 522. The number of hydrogen-bond donors (Lipinski definition) is 2. The minimum Gasteiger partial charge on any atom is -0.481 e. The van der Waals surface area contributed by atoms with E-state index < -0.39 is 23.3 Å². The van der Waals surface area contributed by atoms with Crippen LogP contribution in [0.1, 0.15) is 17.4 Å². The van der Waals surface area contributed by atoms with Crippen molar-refractivity contribution >= 4 is 27.8 Å². The van der Waals surface area contributed by atoms with E-state index in [1.807, 2.05) is 0 Å². The lowest BCUT2D eigenvalue weighted by molar-refractivity contribution is -0.148. The zero-order valence-electron chi connectivity index (χ0n) is 10.2. The summed E-state index contributed by atoms with van der Waals surface area (Å²) in [6.07, 6.45) is 0. The Morgan fingerprint density at radius 2 is 2.32 bits per heavy atom. The van der Waals surface area contributed by atoms with Gasteiger partial charge in [-0.1, -0.05) is 6.07 Å². The van der Waals surface area contributed by atoms with Crippen LogP contribution >= 0.6 is 15.9 Å². The predicted octanol–water partition coefficient (Wildman–Crippen LogP) is 1.06. The number of carbonyl (C=O) groups is 2. The largest absolute Gasteiger partial charge is 0.481 e. The van der Waals surface area contributed by atoms with Gasteiger partial charge in [0.1, 0.15) is 15.7 Å². The van der Waals surface area contributed by atoms with Gasteiger partial charge in [0.05, 0.1) is 19.3 Å². The molecule has 2 atom stereocenters.